The van der Waals surface area contributed by atoms with Gasteiger partial charge in [-0.15, -0.1) is 0 Å². The molecule has 1 N–H and O–H groups in total. The predicted molar refractivity (Wildman–Crippen MR) is 80.3 cm³/mol. The Labute approximate surface area is 117 Å². The summed E-state index contributed by atoms with van der Waals surface area (Å²) >= 11 is 0. The lowest BCUT2D eigenvalue weighted by Crippen LogP contribution is -2.41. The zero-order valence-corrected chi connectivity index (χ0v) is 12.8. The molecule has 0 aromatic carbocycles. The van der Waals surface area contributed by atoms with Crippen LogP contribution in [-0.4, -0.2) is 29.8 Å². The van der Waals surface area contributed by atoms with Gasteiger partial charge < -0.3 is 10.1 Å². The van der Waals surface area contributed by atoms with Gasteiger partial charge >= 0.3 is 0 Å². The zero-order valence-electron chi connectivity index (χ0n) is 12.8. The van der Waals surface area contributed by atoms with E-state index in [0.717, 1.165) is 32.4 Å². The van der Waals surface area contributed by atoms with E-state index in [1.165, 1.54) is 5.56 Å². The second kappa shape index (κ2) is 8.28. The van der Waals surface area contributed by atoms with Crippen molar-refractivity contribution < 1.29 is 4.74 Å². The van der Waals surface area contributed by atoms with Gasteiger partial charge in [0.1, 0.15) is 0 Å². The number of ether oxygens (including phenoxy) is 1. The quantitative estimate of drug-likeness (QED) is 0.732. The van der Waals surface area contributed by atoms with Gasteiger partial charge in [0.2, 0.25) is 0 Å². The highest BCUT2D eigenvalue weighted by Gasteiger charge is 2.12. The van der Waals surface area contributed by atoms with Crippen molar-refractivity contribution in [3.63, 3.8) is 0 Å². The highest BCUT2D eigenvalue weighted by atomic mass is 16.5. The number of hydrogen-bond donors (Lipinski definition) is 1. The minimum Gasteiger partial charge on any atom is -0.377 e. The summed E-state index contributed by atoms with van der Waals surface area (Å²) in [6.45, 7) is 10.5. The SMILES string of the molecule is CCC(CNC(C)(C)C)OCCCc1ccncc1. The van der Waals surface area contributed by atoms with E-state index in [4.69, 9.17) is 4.74 Å². The topological polar surface area (TPSA) is 34.1 Å². The molecule has 1 aromatic heterocycles. The fourth-order valence-electron chi connectivity index (χ4n) is 1.82. The third-order valence-electron chi connectivity index (χ3n) is 3.03. The van der Waals surface area contributed by atoms with Gasteiger partial charge in [-0.05, 0) is 57.7 Å². The Bertz CT molecular complexity index is 332. The van der Waals surface area contributed by atoms with Crippen LogP contribution in [0, 0.1) is 0 Å². The molecule has 3 nitrogen and oxygen atoms in total. The average molecular weight is 264 g/mol. The monoisotopic (exact) mass is 264 g/mol. The van der Waals surface area contributed by atoms with Crippen LogP contribution in [0.25, 0.3) is 0 Å². The smallest absolute Gasteiger partial charge is 0.0697 e. The van der Waals surface area contributed by atoms with Gasteiger partial charge in [-0.2, -0.15) is 0 Å². The first-order valence-electron chi connectivity index (χ1n) is 7.27. The highest BCUT2D eigenvalue weighted by molar-refractivity contribution is 5.09. The normalized spacial score (nSPS) is 13.5. The Kier molecular flexibility index (Phi) is 7.03. The molecule has 1 unspecified atom stereocenters. The van der Waals surface area contributed by atoms with Crippen LogP contribution in [0.15, 0.2) is 24.5 Å². The molecule has 0 aliphatic carbocycles. The van der Waals surface area contributed by atoms with Crippen LogP contribution < -0.4 is 5.32 Å². The molecule has 0 fully saturated rings. The van der Waals surface area contributed by atoms with Crippen molar-refractivity contribution in [2.24, 2.45) is 0 Å². The second-order valence-corrected chi connectivity index (χ2v) is 5.99. The number of aryl methyl sites for hydroxylation is 1. The van der Waals surface area contributed by atoms with E-state index in [1.54, 1.807) is 0 Å². The van der Waals surface area contributed by atoms with Gasteiger partial charge in [0, 0.05) is 31.1 Å². The lowest BCUT2D eigenvalue weighted by molar-refractivity contribution is 0.0453. The van der Waals surface area contributed by atoms with Crippen molar-refractivity contribution in [2.75, 3.05) is 13.2 Å². The molecule has 0 saturated carbocycles. The van der Waals surface area contributed by atoms with E-state index in [1.807, 2.05) is 12.4 Å². The summed E-state index contributed by atoms with van der Waals surface area (Å²) in [6.07, 6.45) is 7.19. The Morgan fingerprint density at radius 2 is 1.95 bits per heavy atom. The van der Waals surface area contributed by atoms with Crippen LogP contribution in [0.1, 0.15) is 46.1 Å². The maximum absolute atomic E-state index is 5.93. The number of nitrogens with zero attached hydrogens (tertiary/aromatic N) is 1. The summed E-state index contributed by atoms with van der Waals surface area (Å²) in [5.41, 5.74) is 1.49. The van der Waals surface area contributed by atoms with Crippen LogP contribution in [0.3, 0.4) is 0 Å². The molecule has 1 heterocycles. The number of hydrogen-bond acceptors (Lipinski definition) is 3. The Hall–Kier alpha value is -0.930. The van der Waals surface area contributed by atoms with E-state index >= 15 is 0 Å². The molecule has 0 radical (unpaired) electrons. The van der Waals surface area contributed by atoms with Gasteiger partial charge in [-0.3, -0.25) is 4.98 Å². The van der Waals surface area contributed by atoms with Crippen LogP contribution in [0.2, 0.25) is 0 Å². The molecule has 19 heavy (non-hydrogen) atoms. The Morgan fingerprint density at radius 3 is 2.53 bits per heavy atom. The Morgan fingerprint density at radius 1 is 1.26 bits per heavy atom. The summed E-state index contributed by atoms with van der Waals surface area (Å²) in [6, 6.07) is 4.14. The largest absolute Gasteiger partial charge is 0.377 e. The maximum atomic E-state index is 5.93. The third kappa shape index (κ3) is 7.96. The van der Waals surface area contributed by atoms with Crippen molar-refractivity contribution in [1.29, 1.82) is 0 Å². The number of nitrogens with one attached hydrogen (secondary N) is 1. The molecule has 108 valence electrons. The molecular formula is C16H28N2O. The van der Waals surface area contributed by atoms with Gasteiger partial charge in [-0.25, -0.2) is 0 Å². The highest BCUT2D eigenvalue weighted by Crippen LogP contribution is 2.05. The Balaban J connectivity index is 2.16. The number of aromatic nitrogens is 1. The zero-order chi connectivity index (χ0) is 14.1. The lowest BCUT2D eigenvalue weighted by atomic mass is 10.1. The molecule has 1 rings (SSSR count). The lowest BCUT2D eigenvalue weighted by Gasteiger charge is -2.25. The molecule has 3 heteroatoms. The van der Waals surface area contributed by atoms with Crippen molar-refractivity contribution in [3.8, 4) is 0 Å². The molecule has 0 saturated heterocycles. The molecule has 0 aliphatic rings. The molecule has 0 bridgehead atoms. The van der Waals surface area contributed by atoms with Gasteiger partial charge in [0.25, 0.3) is 0 Å². The van der Waals surface area contributed by atoms with Crippen molar-refractivity contribution in [3.05, 3.63) is 30.1 Å². The second-order valence-electron chi connectivity index (χ2n) is 5.99. The summed E-state index contributed by atoms with van der Waals surface area (Å²) < 4.78 is 5.93. The first-order valence-corrected chi connectivity index (χ1v) is 7.27. The molecule has 0 spiro atoms. The van der Waals surface area contributed by atoms with Crippen LogP contribution >= 0.6 is 0 Å². The van der Waals surface area contributed by atoms with Crippen molar-refractivity contribution in [1.82, 2.24) is 10.3 Å². The first-order chi connectivity index (χ1) is 9.01. The van der Waals surface area contributed by atoms with Gasteiger partial charge in [0.05, 0.1) is 6.10 Å². The maximum Gasteiger partial charge on any atom is 0.0697 e. The molecule has 1 aromatic rings. The summed E-state index contributed by atoms with van der Waals surface area (Å²) in [5, 5.41) is 3.50. The van der Waals surface area contributed by atoms with Crippen LogP contribution in [0.5, 0.6) is 0 Å². The summed E-state index contributed by atoms with van der Waals surface area (Å²) in [4.78, 5) is 4.02. The molecule has 1 atom stereocenters. The molecule has 0 amide bonds. The van der Waals surface area contributed by atoms with Gasteiger partial charge in [-0.1, -0.05) is 6.92 Å². The van der Waals surface area contributed by atoms with E-state index in [0.29, 0.717) is 6.10 Å². The third-order valence-corrected chi connectivity index (χ3v) is 3.03. The van der Waals surface area contributed by atoms with Crippen LogP contribution in [-0.2, 0) is 11.2 Å². The van der Waals surface area contributed by atoms with Crippen LogP contribution in [0.4, 0.5) is 0 Å². The summed E-state index contributed by atoms with van der Waals surface area (Å²) in [7, 11) is 0. The van der Waals surface area contributed by atoms with E-state index in [9.17, 15) is 0 Å². The summed E-state index contributed by atoms with van der Waals surface area (Å²) in [5.74, 6) is 0. The van der Waals surface area contributed by atoms with Crippen molar-refractivity contribution >= 4 is 0 Å². The molecule has 0 aliphatic heterocycles. The minimum atomic E-state index is 0.161. The van der Waals surface area contributed by atoms with Crippen molar-refractivity contribution in [2.45, 2.75) is 58.6 Å². The average Bonchev–Trinajstić information content (AvgIpc) is 2.38. The first kappa shape index (κ1) is 16.1. The fraction of sp³-hybridized carbons (Fsp3) is 0.688. The fourth-order valence-corrected chi connectivity index (χ4v) is 1.82. The molecular weight excluding hydrogens is 236 g/mol. The van der Waals surface area contributed by atoms with E-state index < -0.39 is 0 Å². The number of rotatable bonds is 8. The number of pyridine rings is 1. The van der Waals surface area contributed by atoms with E-state index in [-0.39, 0.29) is 5.54 Å². The minimum absolute atomic E-state index is 0.161. The predicted octanol–water partition coefficient (Wildman–Crippen LogP) is 3.20. The van der Waals surface area contributed by atoms with E-state index in [2.05, 4.69) is 50.1 Å². The van der Waals surface area contributed by atoms with Gasteiger partial charge in [0.15, 0.2) is 0 Å². The standard InChI is InChI=1S/C16H28N2O/c1-5-15(13-18-16(2,3)4)19-12-6-7-14-8-10-17-11-9-14/h8-11,15,18H,5-7,12-13H2,1-4H3.